The Balaban J connectivity index is 1.69. The highest BCUT2D eigenvalue weighted by Gasteiger charge is 2.27. The van der Waals surface area contributed by atoms with Crippen molar-refractivity contribution in [1.82, 2.24) is 14.9 Å². The topological polar surface area (TPSA) is 96.5 Å². The molecule has 2 heterocycles. The predicted molar refractivity (Wildman–Crippen MR) is 103 cm³/mol. The van der Waals surface area contributed by atoms with Gasteiger partial charge in [0.25, 0.3) is 5.56 Å². The maximum Gasteiger partial charge on any atom is 0.410 e. The Morgan fingerprint density at radius 2 is 2.00 bits per heavy atom. The summed E-state index contributed by atoms with van der Waals surface area (Å²) in [6.07, 6.45) is 2.67. The van der Waals surface area contributed by atoms with E-state index < -0.39 is 5.60 Å². The van der Waals surface area contributed by atoms with Gasteiger partial charge in [-0.3, -0.25) is 4.79 Å². The van der Waals surface area contributed by atoms with Crippen molar-refractivity contribution in [3.05, 3.63) is 28.8 Å². The van der Waals surface area contributed by atoms with Crippen LogP contribution in [0.2, 0.25) is 0 Å². The molecular formula is C19H26N4O4. The molecule has 146 valence electrons. The maximum atomic E-state index is 12.2. The van der Waals surface area contributed by atoms with Gasteiger partial charge in [0.15, 0.2) is 0 Å². The van der Waals surface area contributed by atoms with E-state index in [0.29, 0.717) is 29.7 Å². The standard InChI is InChI=1S/C19H26N4O4/c1-19(2,3)27-18(25)23-7-5-12(6-8-23)22-15-9-13-14(10-16(15)26-4)20-11-21-17(13)24/h9-12,22H,5-8H2,1-4H3,(H,20,21,24). The van der Waals surface area contributed by atoms with Crippen LogP contribution < -0.4 is 15.6 Å². The van der Waals surface area contributed by atoms with Crippen LogP contribution in [0, 0.1) is 0 Å². The van der Waals surface area contributed by atoms with Crippen LogP contribution in [0.15, 0.2) is 23.3 Å². The number of hydrogen-bond donors (Lipinski definition) is 2. The van der Waals surface area contributed by atoms with E-state index in [1.807, 2.05) is 20.8 Å². The van der Waals surface area contributed by atoms with Gasteiger partial charge in [-0.2, -0.15) is 0 Å². The number of anilines is 1. The number of likely N-dealkylation sites (tertiary alicyclic amines) is 1. The average molecular weight is 374 g/mol. The maximum absolute atomic E-state index is 12.2. The van der Waals surface area contributed by atoms with Crippen LogP contribution in [0.5, 0.6) is 5.75 Å². The number of nitrogens with zero attached hydrogens (tertiary/aromatic N) is 2. The molecule has 0 radical (unpaired) electrons. The van der Waals surface area contributed by atoms with E-state index in [-0.39, 0.29) is 17.7 Å². The van der Waals surface area contributed by atoms with E-state index in [1.54, 1.807) is 24.1 Å². The first-order valence-electron chi connectivity index (χ1n) is 9.07. The normalized spacial score (nSPS) is 15.6. The lowest BCUT2D eigenvalue weighted by molar-refractivity contribution is 0.0210. The number of fused-ring (bicyclic) bond motifs is 1. The molecule has 8 heteroatoms. The van der Waals surface area contributed by atoms with Crippen LogP contribution in [0.25, 0.3) is 10.9 Å². The van der Waals surface area contributed by atoms with Crippen molar-refractivity contribution in [2.75, 3.05) is 25.5 Å². The van der Waals surface area contributed by atoms with Crippen LogP contribution in [0.3, 0.4) is 0 Å². The number of benzene rings is 1. The highest BCUT2D eigenvalue weighted by Crippen LogP contribution is 2.30. The van der Waals surface area contributed by atoms with Gasteiger partial charge in [-0.25, -0.2) is 9.78 Å². The van der Waals surface area contributed by atoms with Gasteiger partial charge in [0.1, 0.15) is 11.4 Å². The van der Waals surface area contributed by atoms with Gasteiger partial charge in [0.2, 0.25) is 0 Å². The van der Waals surface area contributed by atoms with E-state index in [2.05, 4.69) is 15.3 Å². The molecule has 1 aromatic carbocycles. The second kappa shape index (κ2) is 7.46. The largest absolute Gasteiger partial charge is 0.495 e. The van der Waals surface area contributed by atoms with Crippen LogP contribution >= 0.6 is 0 Å². The van der Waals surface area contributed by atoms with Crippen LogP contribution in [0.4, 0.5) is 10.5 Å². The molecule has 1 saturated heterocycles. The van der Waals surface area contributed by atoms with Crippen molar-refractivity contribution in [2.45, 2.75) is 45.3 Å². The van der Waals surface area contributed by atoms with Crippen LogP contribution in [0.1, 0.15) is 33.6 Å². The third-order valence-electron chi connectivity index (χ3n) is 4.47. The van der Waals surface area contributed by atoms with Gasteiger partial charge in [0.05, 0.1) is 30.0 Å². The third-order valence-corrected chi connectivity index (χ3v) is 4.47. The molecular weight excluding hydrogens is 348 g/mol. The summed E-state index contributed by atoms with van der Waals surface area (Å²) in [4.78, 5) is 32.7. The van der Waals surface area contributed by atoms with Gasteiger partial charge >= 0.3 is 6.09 Å². The Morgan fingerprint density at radius 3 is 2.63 bits per heavy atom. The summed E-state index contributed by atoms with van der Waals surface area (Å²) in [6, 6.07) is 3.69. The summed E-state index contributed by atoms with van der Waals surface area (Å²) in [5.74, 6) is 0.634. The van der Waals surface area contributed by atoms with E-state index >= 15 is 0 Å². The van der Waals surface area contributed by atoms with Crippen LogP contribution in [-0.4, -0.2) is 52.8 Å². The number of aromatic nitrogens is 2. The van der Waals surface area contributed by atoms with Crippen LogP contribution in [-0.2, 0) is 4.74 Å². The SMILES string of the molecule is COc1cc2nc[nH]c(=O)c2cc1NC1CCN(C(=O)OC(C)(C)C)CC1. The Hall–Kier alpha value is -2.77. The lowest BCUT2D eigenvalue weighted by atomic mass is 10.0. The summed E-state index contributed by atoms with van der Waals surface area (Å²) in [6.45, 7) is 6.82. The van der Waals surface area contributed by atoms with Gasteiger partial charge in [-0.15, -0.1) is 0 Å². The molecule has 1 fully saturated rings. The van der Waals surface area contributed by atoms with E-state index in [4.69, 9.17) is 9.47 Å². The summed E-state index contributed by atoms with van der Waals surface area (Å²) >= 11 is 0. The van der Waals surface area contributed by atoms with Crippen molar-refractivity contribution < 1.29 is 14.3 Å². The minimum absolute atomic E-state index is 0.172. The molecule has 1 aliphatic heterocycles. The van der Waals surface area contributed by atoms with E-state index in [1.165, 1.54) is 6.33 Å². The number of ether oxygens (including phenoxy) is 2. The summed E-state index contributed by atoms with van der Waals surface area (Å²) in [7, 11) is 1.59. The fraction of sp³-hybridized carbons (Fsp3) is 0.526. The monoisotopic (exact) mass is 374 g/mol. The quantitative estimate of drug-likeness (QED) is 0.857. The van der Waals surface area contributed by atoms with Crippen molar-refractivity contribution in [3.8, 4) is 5.75 Å². The molecule has 0 aliphatic carbocycles. The van der Waals surface area contributed by atoms with Gasteiger partial charge in [-0.1, -0.05) is 0 Å². The molecule has 0 bridgehead atoms. The Labute approximate surface area is 157 Å². The predicted octanol–water partition coefficient (Wildman–Crippen LogP) is 2.74. The number of hydrogen-bond acceptors (Lipinski definition) is 6. The molecule has 2 N–H and O–H groups in total. The lowest BCUT2D eigenvalue weighted by Crippen LogP contribution is -2.44. The van der Waals surface area contributed by atoms with Crippen molar-refractivity contribution in [2.24, 2.45) is 0 Å². The Morgan fingerprint density at radius 1 is 1.30 bits per heavy atom. The number of carbonyl (C=O) groups excluding carboxylic acids is 1. The molecule has 8 nitrogen and oxygen atoms in total. The molecule has 0 unspecified atom stereocenters. The smallest absolute Gasteiger partial charge is 0.410 e. The average Bonchev–Trinajstić information content (AvgIpc) is 2.61. The molecule has 3 rings (SSSR count). The molecule has 1 amide bonds. The molecule has 27 heavy (non-hydrogen) atoms. The number of aromatic amines is 1. The number of methoxy groups -OCH3 is 1. The molecule has 1 aliphatic rings. The van der Waals surface area contributed by atoms with E-state index in [0.717, 1.165) is 18.5 Å². The first-order chi connectivity index (χ1) is 12.8. The second-order valence-electron chi connectivity index (χ2n) is 7.69. The molecule has 2 aromatic rings. The minimum Gasteiger partial charge on any atom is -0.495 e. The number of nitrogens with one attached hydrogen (secondary N) is 2. The molecule has 0 saturated carbocycles. The summed E-state index contributed by atoms with van der Waals surface area (Å²) in [5, 5.41) is 3.95. The second-order valence-corrected chi connectivity index (χ2v) is 7.69. The number of carbonyl (C=O) groups is 1. The van der Waals surface area contributed by atoms with E-state index in [9.17, 15) is 9.59 Å². The lowest BCUT2D eigenvalue weighted by Gasteiger charge is -2.34. The summed E-state index contributed by atoms with van der Waals surface area (Å²) < 4.78 is 10.9. The van der Waals surface area contributed by atoms with Gasteiger partial charge < -0.3 is 24.7 Å². The number of piperidine rings is 1. The Bertz CT molecular complexity index is 879. The zero-order chi connectivity index (χ0) is 19.6. The zero-order valence-electron chi connectivity index (χ0n) is 16.2. The Kier molecular flexibility index (Phi) is 5.25. The first-order valence-corrected chi connectivity index (χ1v) is 9.07. The number of rotatable bonds is 3. The van der Waals surface area contributed by atoms with Gasteiger partial charge in [0, 0.05) is 25.2 Å². The van der Waals surface area contributed by atoms with Gasteiger partial charge in [-0.05, 0) is 39.7 Å². The fourth-order valence-electron chi connectivity index (χ4n) is 3.13. The molecule has 0 atom stereocenters. The highest BCUT2D eigenvalue weighted by atomic mass is 16.6. The molecule has 0 spiro atoms. The number of amides is 1. The first kappa shape index (κ1) is 19.0. The number of H-pyrrole nitrogens is 1. The fourth-order valence-corrected chi connectivity index (χ4v) is 3.13. The molecule has 1 aromatic heterocycles. The summed E-state index contributed by atoms with van der Waals surface area (Å²) in [5.41, 5.74) is 0.650. The van der Waals surface area contributed by atoms with Crippen molar-refractivity contribution >= 4 is 22.7 Å². The third kappa shape index (κ3) is 4.50. The zero-order valence-corrected chi connectivity index (χ0v) is 16.2. The van der Waals surface area contributed by atoms with Crippen molar-refractivity contribution in [1.29, 1.82) is 0 Å². The van der Waals surface area contributed by atoms with Crippen molar-refractivity contribution in [3.63, 3.8) is 0 Å². The minimum atomic E-state index is -0.494. The highest BCUT2D eigenvalue weighted by molar-refractivity contribution is 5.85.